The molecule has 2 N–H and O–H groups in total. The van der Waals surface area contributed by atoms with Gasteiger partial charge >= 0.3 is 0 Å². The number of hydrogen-bond acceptors (Lipinski definition) is 7. The van der Waals surface area contributed by atoms with Crippen LogP contribution in [0.5, 0.6) is 0 Å². The summed E-state index contributed by atoms with van der Waals surface area (Å²) >= 11 is 1.38. The molecule has 8 nitrogen and oxygen atoms in total. The first kappa shape index (κ1) is 23.9. The standard InChI is InChI=1S/C25H29N5O3S/c1-18-3-5-19(6-4-18)22-17-34-25(27-22)28-24(32)16-29(2)15-23(31)26-20-7-9-21(10-8-20)30-11-13-33-14-12-30/h3-10,17H,11-16H2,1-2H3,(H,26,31)(H,27,28,32). The first-order valence-corrected chi connectivity index (χ1v) is 12.1. The van der Waals surface area contributed by atoms with Crippen LogP contribution in [0.2, 0.25) is 0 Å². The fourth-order valence-corrected chi connectivity index (χ4v) is 4.41. The second-order valence-electron chi connectivity index (χ2n) is 8.32. The number of aromatic nitrogens is 1. The monoisotopic (exact) mass is 479 g/mol. The molecule has 1 aromatic heterocycles. The summed E-state index contributed by atoms with van der Waals surface area (Å²) in [6, 6.07) is 15.9. The van der Waals surface area contributed by atoms with Gasteiger partial charge < -0.3 is 20.3 Å². The van der Waals surface area contributed by atoms with E-state index in [4.69, 9.17) is 4.74 Å². The van der Waals surface area contributed by atoms with Crippen LogP contribution < -0.4 is 15.5 Å². The number of carbonyl (C=O) groups is 2. The van der Waals surface area contributed by atoms with Gasteiger partial charge in [-0.1, -0.05) is 29.8 Å². The Hall–Kier alpha value is -3.27. The van der Waals surface area contributed by atoms with Crippen LogP contribution in [0.1, 0.15) is 5.56 Å². The average Bonchev–Trinajstić information content (AvgIpc) is 3.28. The Bertz CT molecular complexity index is 1110. The number of likely N-dealkylation sites (N-methyl/N-ethyl adjacent to an activating group) is 1. The van der Waals surface area contributed by atoms with Crippen LogP contribution >= 0.6 is 11.3 Å². The normalized spacial score (nSPS) is 13.7. The molecule has 0 saturated carbocycles. The molecule has 0 spiro atoms. The lowest BCUT2D eigenvalue weighted by Gasteiger charge is -2.28. The van der Waals surface area contributed by atoms with Crippen molar-refractivity contribution in [1.82, 2.24) is 9.88 Å². The largest absolute Gasteiger partial charge is 0.378 e. The smallest absolute Gasteiger partial charge is 0.240 e. The van der Waals surface area contributed by atoms with Gasteiger partial charge in [-0.2, -0.15) is 0 Å². The third-order valence-electron chi connectivity index (χ3n) is 5.45. The number of anilines is 3. The molecular weight excluding hydrogens is 450 g/mol. The van der Waals surface area contributed by atoms with E-state index in [1.165, 1.54) is 16.9 Å². The highest BCUT2D eigenvalue weighted by molar-refractivity contribution is 7.14. The van der Waals surface area contributed by atoms with Crippen LogP contribution in [0.4, 0.5) is 16.5 Å². The predicted octanol–water partition coefficient (Wildman–Crippen LogP) is 3.46. The van der Waals surface area contributed by atoms with E-state index in [2.05, 4.69) is 20.5 Å². The molecule has 0 aliphatic carbocycles. The van der Waals surface area contributed by atoms with Gasteiger partial charge in [0, 0.05) is 35.4 Å². The van der Waals surface area contributed by atoms with E-state index in [1.54, 1.807) is 11.9 Å². The summed E-state index contributed by atoms with van der Waals surface area (Å²) in [4.78, 5) is 33.2. The molecule has 1 aliphatic rings. The molecule has 9 heteroatoms. The molecule has 3 aromatic rings. The van der Waals surface area contributed by atoms with Crippen molar-refractivity contribution in [3.8, 4) is 11.3 Å². The molecule has 2 amide bonds. The summed E-state index contributed by atoms with van der Waals surface area (Å²) in [5, 5.41) is 8.16. The minimum Gasteiger partial charge on any atom is -0.378 e. The first-order chi connectivity index (χ1) is 16.5. The third-order valence-corrected chi connectivity index (χ3v) is 6.21. The summed E-state index contributed by atoms with van der Waals surface area (Å²) in [6.45, 7) is 5.42. The maximum Gasteiger partial charge on any atom is 0.240 e. The summed E-state index contributed by atoms with van der Waals surface area (Å²) in [5.74, 6) is -0.389. The zero-order valence-electron chi connectivity index (χ0n) is 19.4. The van der Waals surface area contributed by atoms with Gasteiger partial charge in [0.1, 0.15) is 0 Å². The topological polar surface area (TPSA) is 86.8 Å². The van der Waals surface area contributed by atoms with E-state index >= 15 is 0 Å². The minimum atomic E-state index is -0.213. The Balaban J connectivity index is 1.22. The van der Waals surface area contributed by atoms with Crippen molar-refractivity contribution in [3.63, 3.8) is 0 Å². The molecule has 178 valence electrons. The van der Waals surface area contributed by atoms with Gasteiger partial charge in [0.05, 0.1) is 32.0 Å². The maximum absolute atomic E-state index is 12.4. The van der Waals surface area contributed by atoms with E-state index in [0.29, 0.717) is 5.13 Å². The van der Waals surface area contributed by atoms with E-state index in [0.717, 1.165) is 48.9 Å². The average molecular weight is 480 g/mol. The number of nitrogens with one attached hydrogen (secondary N) is 2. The third kappa shape index (κ3) is 6.63. The van der Waals surface area contributed by atoms with Crippen LogP contribution in [0.3, 0.4) is 0 Å². The van der Waals surface area contributed by atoms with E-state index in [9.17, 15) is 9.59 Å². The van der Waals surface area contributed by atoms with Crippen molar-refractivity contribution >= 4 is 39.7 Å². The van der Waals surface area contributed by atoms with Crippen LogP contribution in [0.15, 0.2) is 53.9 Å². The van der Waals surface area contributed by atoms with Crippen LogP contribution in [0, 0.1) is 6.92 Å². The highest BCUT2D eigenvalue weighted by atomic mass is 32.1. The van der Waals surface area contributed by atoms with Crippen LogP contribution in [0.25, 0.3) is 11.3 Å². The number of ether oxygens (including phenoxy) is 1. The number of nitrogens with zero attached hydrogens (tertiary/aromatic N) is 3. The maximum atomic E-state index is 12.4. The quantitative estimate of drug-likeness (QED) is 0.515. The second-order valence-corrected chi connectivity index (χ2v) is 9.18. The number of rotatable bonds is 8. The molecule has 1 aliphatic heterocycles. The Morgan fingerprint density at radius 2 is 1.65 bits per heavy atom. The molecule has 0 radical (unpaired) electrons. The SMILES string of the molecule is Cc1ccc(-c2csc(NC(=O)CN(C)CC(=O)Nc3ccc(N4CCOCC4)cc3)n2)cc1. The summed E-state index contributed by atoms with van der Waals surface area (Å²) < 4.78 is 5.38. The summed E-state index contributed by atoms with van der Waals surface area (Å²) in [7, 11) is 1.74. The van der Waals surface area contributed by atoms with E-state index in [-0.39, 0.29) is 24.9 Å². The van der Waals surface area contributed by atoms with Crippen molar-refractivity contribution in [2.75, 3.05) is 62.0 Å². The Morgan fingerprint density at radius 3 is 2.32 bits per heavy atom. The van der Waals surface area contributed by atoms with Gasteiger partial charge in [-0.25, -0.2) is 4.98 Å². The van der Waals surface area contributed by atoms with Gasteiger partial charge in [0.2, 0.25) is 11.8 Å². The Kier molecular flexibility index (Phi) is 7.89. The molecule has 2 heterocycles. The Morgan fingerprint density at radius 1 is 1.00 bits per heavy atom. The molecule has 2 aromatic carbocycles. The molecule has 1 fully saturated rings. The van der Waals surface area contributed by atoms with Crippen molar-refractivity contribution in [1.29, 1.82) is 0 Å². The highest BCUT2D eigenvalue weighted by Gasteiger charge is 2.14. The zero-order chi connectivity index (χ0) is 23.9. The van der Waals surface area contributed by atoms with Crippen LogP contribution in [-0.2, 0) is 14.3 Å². The number of morpholine rings is 1. The van der Waals surface area contributed by atoms with Gasteiger partial charge in [-0.05, 0) is 38.2 Å². The van der Waals surface area contributed by atoms with E-state index < -0.39 is 0 Å². The summed E-state index contributed by atoms with van der Waals surface area (Å²) in [5.41, 5.74) is 4.86. The fourth-order valence-electron chi connectivity index (χ4n) is 3.67. The number of benzene rings is 2. The number of carbonyl (C=O) groups excluding carboxylic acids is 2. The van der Waals surface area contributed by atoms with Crippen molar-refractivity contribution in [3.05, 3.63) is 59.5 Å². The van der Waals surface area contributed by atoms with Gasteiger partial charge in [0.15, 0.2) is 5.13 Å². The fraction of sp³-hybridized carbons (Fsp3) is 0.320. The zero-order valence-corrected chi connectivity index (χ0v) is 20.2. The number of aryl methyl sites for hydroxylation is 1. The minimum absolute atomic E-state index is 0.0861. The lowest BCUT2D eigenvalue weighted by Crippen LogP contribution is -2.36. The van der Waals surface area contributed by atoms with Gasteiger partial charge in [-0.15, -0.1) is 11.3 Å². The second kappa shape index (κ2) is 11.2. The number of hydrogen-bond donors (Lipinski definition) is 2. The van der Waals surface area contributed by atoms with Crippen LogP contribution in [-0.4, -0.2) is 68.1 Å². The molecule has 4 rings (SSSR count). The number of thiazole rings is 1. The summed E-state index contributed by atoms with van der Waals surface area (Å²) in [6.07, 6.45) is 0. The molecule has 0 atom stereocenters. The molecule has 0 unspecified atom stereocenters. The van der Waals surface area contributed by atoms with E-state index in [1.807, 2.05) is 60.8 Å². The Labute approximate surface area is 203 Å². The first-order valence-electron chi connectivity index (χ1n) is 11.2. The molecular formula is C25H29N5O3S. The molecule has 1 saturated heterocycles. The lowest BCUT2D eigenvalue weighted by atomic mass is 10.1. The van der Waals surface area contributed by atoms with Crippen molar-refractivity contribution in [2.24, 2.45) is 0 Å². The lowest BCUT2D eigenvalue weighted by molar-refractivity contribution is -0.119. The molecule has 0 bridgehead atoms. The molecule has 34 heavy (non-hydrogen) atoms. The van der Waals surface area contributed by atoms with Crippen molar-refractivity contribution < 1.29 is 14.3 Å². The van der Waals surface area contributed by atoms with Crippen molar-refractivity contribution in [2.45, 2.75) is 6.92 Å². The predicted molar refractivity (Wildman–Crippen MR) is 137 cm³/mol. The number of amides is 2. The van der Waals surface area contributed by atoms with Gasteiger partial charge in [0.25, 0.3) is 0 Å². The van der Waals surface area contributed by atoms with Gasteiger partial charge in [-0.3, -0.25) is 14.5 Å². The highest BCUT2D eigenvalue weighted by Crippen LogP contribution is 2.25.